The minimum Gasteiger partial charge on any atom is -0.267 e. The Morgan fingerprint density at radius 2 is 2.19 bits per heavy atom. The predicted molar refractivity (Wildman–Crippen MR) is 51.4 cm³/mol. The Hall–Kier alpha value is -1.15. The van der Waals surface area contributed by atoms with Gasteiger partial charge in [-0.05, 0) is 28.1 Å². The summed E-state index contributed by atoms with van der Waals surface area (Å²) in [6, 6.07) is 2.88. The van der Waals surface area contributed by atoms with E-state index in [2.05, 4.69) is 25.8 Å². The summed E-state index contributed by atoms with van der Waals surface area (Å²) in [5.74, 6) is -0.788. The van der Waals surface area contributed by atoms with Crippen molar-refractivity contribution in [3.63, 3.8) is 0 Å². The number of aromatic nitrogens is 1. The largest absolute Gasteiger partial charge is 0.414 e. The molecule has 1 amide bonds. The van der Waals surface area contributed by atoms with Crippen molar-refractivity contribution in [2.24, 2.45) is 0 Å². The lowest BCUT2D eigenvalue weighted by Gasteiger charge is -2.07. The Labute approximate surface area is 96.9 Å². The molecule has 0 unspecified atom stereocenters. The summed E-state index contributed by atoms with van der Waals surface area (Å²) < 4.78 is 35.5. The quantitative estimate of drug-likeness (QED) is 0.686. The molecule has 0 saturated carbocycles. The van der Waals surface area contributed by atoms with Crippen molar-refractivity contribution in [3.8, 4) is 0 Å². The molecule has 0 aliphatic carbocycles. The molecule has 1 aromatic rings. The molecule has 8 heteroatoms. The maximum absolute atomic E-state index is 11.7. The van der Waals surface area contributed by atoms with Gasteiger partial charge in [-0.3, -0.25) is 9.63 Å². The molecule has 0 fully saturated rings. The van der Waals surface area contributed by atoms with Gasteiger partial charge in [-0.1, -0.05) is 0 Å². The summed E-state index contributed by atoms with van der Waals surface area (Å²) in [7, 11) is 0. The molecule has 1 heterocycles. The third kappa shape index (κ3) is 4.58. The second-order valence-corrected chi connectivity index (χ2v) is 3.52. The summed E-state index contributed by atoms with van der Waals surface area (Å²) in [4.78, 5) is 18.9. The zero-order chi connectivity index (χ0) is 12.2. The van der Waals surface area contributed by atoms with Crippen molar-refractivity contribution in [2.45, 2.75) is 6.18 Å². The number of hydroxylamine groups is 1. The first-order valence-corrected chi connectivity index (χ1v) is 4.78. The highest BCUT2D eigenvalue weighted by Gasteiger charge is 2.28. The van der Waals surface area contributed by atoms with Crippen LogP contribution in [-0.4, -0.2) is 23.7 Å². The van der Waals surface area contributed by atoms with E-state index in [-0.39, 0.29) is 5.56 Å². The van der Waals surface area contributed by atoms with Gasteiger partial charge in [0.15, 0.2) is 6.61 Å². The summed E-state index contributed by atoms with van der Waals surface area (Å²) in [6.45, 7) is -1.54. The molecule has 1 rings (SSSR count). The van der Waals surface area contributed by atoms with Crippen LogP contribution in [0.25, 0.3) is 0 Å². The van der Waals surface area contributed by atoms with E-state index >= 15 is 0 Å². The molecule has 0 saturated heterocycles. The number of amides is 1. The molecule has 1 N–H and O–H groups in total. The van der Waals surface area contributed by atoms with E-state index in [4.69, 9.17) is 0 Å². The number of halogens is 4. The summed E-state index contributed by atoms with van der Waals surface area (Å²) >= 11 is 3.05. The lowest BCUT2D eigenvalue weighted by Crippen LogP contribution is -2.29. The van der Waals surface area contributed by atoms with Gasteiger partial charge in [0.1, 0.15) is 4.60 Å². The van der Waals surface area contributed by atoms with E-state index < -0.39 is 18.7 Å². The topological polar surface area (TPSA) is 51.2 Å². The van der Waals surface area contributed by atoms with E-state index in [0.29, 0.717) is 4.60 Å². The SMILES string of the molecule is O=C(NOCC(F)(F)F)c1ccc(Br)nc1. The normalized spacial score (nSPS) is 11.2. The van der Waals surface area contributed by atoms with Crippen LogP contribution in [0.2, 0.25) is 0 Å². The molecule has 88 valence electrons. The van der Waals surface area contributed by atoms with Crippen molar-refractivity contribution < 1.29 is 22.8 Å². The Morgan fingerprint density at radius 1 is 1.50 bits per heavy atom. The molecule has 0 bridgehead atoms. The maximum atomic E-state index is 11.7. The van der Waals surface area contributed by atoms with Crippen LogP contribution in [-0.2, 0) is 4.84 Å². The van der Waals surface area contributed by atoms with E-state index in [1.807, 2.05) is 0 Å². The molecular formula is C8H6BrF3N2O2. The summed E-state index contributed by atoms with van der Waals surface area (Å²) in [5, 5.41) is 0. The molecular weight excluding hydrogens is 293 g/mol. The molecule has 16 heavy (non-hydrogen) atoms. The van der Waals surface area contributed by atoms with Crippen molar-refractivity contribution in [2.75, 3.05) is 6.61 Å². The van der Waals surface area contributed by atoms with Crippen LogP contribution < -0.4 is 5.48 Å². The van der Waals surface area contributed by atoms with Gasteiger partial charge in [0, 0.05) is 6.20 Å². The number of hydrogen-bond acceptors (Lipinski definition) is 3. The molecule has 0 aliphatic heterocycles. The van der Waals surface area contributed by atoms with Crippen LogP contribution in [0.3, 0.4) is 0 Å². The van der Waals surface area contributed by atoms with Crippen molar-refractivity contribution in [1.82, 2.24) is 10.5 Å². The van der Waals surface area contributed by atoms with E-state index in [0.717, 1.165) is 0 Å². The number of carbonyl (C=O) groups excluding carboxylic acids is 1. The molecule has 0 aromatic carbocycles. The van der Waals surface area contributed by atoms with Crippen molar-refractivity contribution in [1.29, 1.82) is 0 Å². The predicted octanol–water partition coefficient (Wildman–Crippen LogP) is 2.07. The van der Waals surface area contributed by atoms with Crippen LogP contribution in [0.15, 0.2) is 22.9 Å². The van der Waals surface area contributed by atoms with Crippen LogP contribution in [0.5, 0.6) is 0 Å². The molecule has 0 radical (unpaired) electrons. The minimum absolute atomic E-state index is 0.102. The Balaban J connectivity index is 2.44. The fraction of sp³-hybridized carbons (Fsp3) is 0.250. The molecule has 4 nitrogen and oxygen atoms in total. The maximum Gasteiger partial charge on any atom is 0.414 e. The van der Waals surface area contributed by atoms with Crippen LogP contribution in [0.4, 0.5) is 13.2 Å². The smallest absolute Gasteiger partial charge is 0.267 e. The standard InChI is InChI=1S/C8H6BrF3N2O2/c9-6-2-1-5(3-13-6)7(15)14-16-4-8(10,11)12/h1-3H,4H2,(H,14,15). The van der Waals surface area contributed by atoms with E-state index in [1.54, 1.807) is 5.48 Å². The first kappa shape index (κ1) is 12.9. The Bertz CT molecular complexity index is 367. The van der Waals surface area contributed by atoms with Gasteiger partial charge in [0.05, 0.1) is 5.56 Å². The third-order valence-corrected chi connectivity index (χ3v) is 1.86. The lowest BCUT2D eigenvalue weighted by atomic mass is 10.3. The fourth-order valence-corrected chi connectivity index (χ4v) is 0.987. The molecule has 0 aliphatic rings. The first-order chi connectivity index (χ1) is 7.38. The monoisotopic (exact) mass is 298 g/mol. The molecule has 0 spiro atoms. The van der Waals surface area contributed by atoms with E-state index in [1.165, 1.54) is 18.3 Å². The second kappa shape index (κ2) is 5.26. The number of hydrogen-bond donors (Lipinski definition) is 1. The zero-order valence-electron chi connectivity index (χ0n) is 7.71. The average molecular weight is 299 g/mol. The first-order valence-electron chi connectivity index (χ1n) is 3.99. The van der Waals surface area contributed by atoms with Gasteiger partial charge in [0.2, 0.25) is 0 Å². The number of carbonyl (C=O) groups is 1. The fourth-order valence-electron chi connectivity index (χ4n) is 0.753. The van der Waals surface area contributed by atoms with Crippen LogP contribution in [0.1, 0.15) is 10.4 Å². The highest BCUT2D eigenvalue weighted by atomic mass is 79.9. The highest BCUT2D eigenvalue weighted by Crippen LogP contribution is 2.13. The van der Waals surface area contributed by atoms with E-state index in [9.17, 15) is 18.0 Å². The zero-order valence-corrected chi connectivity index (χ0v) is 9.30. The number of alkyl halides is 3. The summed E-state index contributed by atoms with van der Waals surface area (Å²) in [6.07, 6.45) is -3.28. The highest BCUT2D eigenvalue weighted by molar-refractivity contribution is 9.10. The van der Waals surface area contributed by atoms with Crippen molar-refractivity contribution >= 4 is 21.8 Å². The third-order valence-electron chi connectivity index (χ3n) is 1.39. The number of rotatable bonds is 3. The summed E-state index contributed by atoms with van der Waals surface area (Å²) in [5.41, 5.74) is 1.76. The van der Waals surface area contributed by atoms with Gasteiger partial charge in [-0.15, -0.1) is 0 Å². The van der Waals surface area contributed by atoms with Gasteiger partial charge in [-0.25, -0.2) is 10.5 Å². The minimum atomic E-state index is -4.48. The van der Waals surface area contributed by atoms with Crippen LogP contribution >= 0.6 is 15.9 Å². The van der Waals surface area contributed by atoms with Gasteiger partial charge in [0.25, 0.3) is 5.91 Å². The molecule has 1 aromatic heterocycles. The average Bonchev–Trinajstić information content (AvgIpc) is 2.16. The Morgan fingerprint density at radius 3 is 2.69 bits per heavy atom. The number of pyridine rings is 1. The van der Waals surface area contributed by atoms with Crippen LogP contribution in [0, 0.1) is 0 Å². The molecule has 0 atom stereocenters. The lowest BCUT2D eigenvalue weighted by molar-refractivity contribution is -0.184. The second-order valence-electron chi connectivity index (χ2n) is 2.70. The number of nitrogens with one attached hydrogen (secondary N) is 1. The van der Waals surface area contributed by atoms with Gasteiger partial charge >= 0.3 is 6.18 Å². The van der Waals surface area contributed by atoms with Gasteiger partial charge < -0.3 is 0 Å². The number of nitrogens with zero attached hydrogens (tertiary/aromatic N) is 1. The Kier molecular flexibility index (Phi) is 4.25. The van der Waals surface area contributed by atoms with Gasteiger partial charge in [-0.2, -0.15) is 13.2 Å². The van der Waals surface area contributed by atoms with Crippen molar-refractivity contribution in [3.05, 3.63) is 28.5 Å².